The number of nitrogens with zero attached hydrogens (tertiary/aromatic N) is 1. The van der Waals surface area contributed by atoms with Crippen LogP contribution in [-0.4, -0.2) is 19.2 Å². The summed E-state index contributed by atoms with van der Waals surface area (Å²) in [6.45, 7) is 1.98. The molecule has 0 aliphatic carbocycles. The summed E-state index contributed by atoms with van der Waals surface area (Å²) in [5, 5.41) is 0. The highest BCUT2D eigenvalue weighted by atomic mass is 32.2. The molecule has 5 heteroatoms. The number of aryl methyl sites for hydroxylation is 1. The molecular formula is C18H16FNO2S. The highest BCUT2D eigenvalue weighted by molar-refractivity contribution is 7.90. The van der Waals surface area contributed by atoms with Crippen molar-refractivity contribution in [1.82, 2.24) is 4.57 Å². The Hall–Kier alpha value is -2.40. The summed E-state index contributed by atoms with van der Waals surface area (Å²) < 4.78 is 38.2. The molecule has 23 heavy (non-hydrogen) atoms. The van der Waals surface area contributed by atoms with Gasteiger partial charge in [-0.1, -0.05) is 12.1 Å². The van der Waals surface area contributed by atoms with Crippen molar-refractivity contribution >= 4 is 9.84 Å². The van der Waals surface area contributed by atoms with E-state index >= 15 is 0 Å². The monoisotopic (exact) mass is 329 g/mol. The average molecular weight is 329 g/mol. The maximum Gasteiger partial charge on any atom is 0.175 e. The average Bonchev–Trinajstić information content (AvgIpc) is 2.89. The van der Waals surface area contributed by atoms with Gasteiger partial charge in [-0.15, -0.1) is 0 Å². The first kappa shape index (κ1) is 15.5. The maximum atomic E-state index is 13.1. The summed E-state index contributed by atoms with van der Waals surface area (Å²) in [5.74, 6) is -0.281. The summed E-state index contributed by atoms with van der Waals surface area (Å²) in [6.07, 6.45) is 3.15. The summed E-state index contributed by atoms with van der Waals surface area (Å²) >= 11 is 0. The normalized spacial score (nSPS) is 11.6. The number of hydrogen-bond acceptors (Lipinski definition) is 2. The zero-order chi connectivity index (χ0) is 16.6. The van der Waals surface area contributed by atoms with Crippen LogP contribution in [0, 0.1) is 12.7 Å². The van der Waals surface area contributed by atoms with Crippen molar-refractivity contribution in [2.45, 2.75) is 11.8 Å². The number of hydrogen-bond donors (Lipinski definition) is 0. The smallest absolute Gasteiger partial charge is 0.175 e. The van der Waals surface area contributed by atoms with Crippen molar-refractivity contribution in [3.05, 3.63) is 72.2 Å². The quantitative estimate of drug-likeness (QED) is 0.729. The van der Waals surface area contributed by atoms with Crippen LogP contribution < -0.4 is 0 Å². The highest BCUT2D eigenvalue weighted by Crippen LogP contribution is 2.27. The molecule has 118 valence electrons. The fourth-order valence-corrected chi connectivity index (χ4v) is 3.14. The van der Waals surface area contributed by atoms with E-state index in [9.17, 15) is 12.8 Å². The predicted octanol–water partition coefficient (Wildman–Crippen LogP) is 4.00. The Kier molecular flexibility index (Phi) is 3.82. The SMILES string of the molecule is Cc1cc(-c2ccc(S(C)(=O)=O)cc2)n(-c2ccc(F)cc2)c1. The molecule has 0 aliphatic heterocycles. The molecule has 0 saturated carbocycles. The molecule has 3 aromatic rings. The standard InChI is InChI=1S/C18H16FNO2S/c1-13-11-18(14-3-9-17(10-4-14)23(2,21)22)20(12-13)16-7-5-15(19)6-8-16/h3-12H,1-2H3. The lowest BCUT2D eigenvalue weighted by molar-refractivity contribution is 0.602. The van der Waals surface area contributed by atoms with Crippen LogP contribution in [0.2, 0.25) is 0 Å². The molecule has 3 nitrogen and oxygen atoms in total. The van der Waals surface area contributed by atoms with E-state index in [0.29, 0.717) is 0 Å². The number of benzene rings is 2. The van der Waals surface area contributed by atoms with E-state index < -0.39 is 9.84 Å². The number of sulfone groups is 1. The van der Waals surface area contributed by atoms with Gasteiger partial charge in [0.1, 0.15) is 5.82 Å². The Morgan fingerprint density at radius 2 is 1.57 bits per heavy atom. The van der Waals surface area contributed by atoms with Crippen LogP contribution >= 0.6 is 0 Å². The van der Waals surface area contributed by atoms with Crippen molar-refractivity contribution in [1.29, 1.82) is 0 Å². The molecule has 3 rings (SSSR count). The molecule has 0 N–H and O–H groups in total. The largest absolute Gasteiger partial charge is 0.316 e. The minimum Gasteiger partial charge on any atom is -0.316 e. The fraction of sp³-hybridized carbons (Fsp3) is 0.111. The van der Waals surface area contributed by atoms with Gasteiger partial charge in [0, 0.05) is 18.1 Å². The van der Waals surface area contributed by atoms with Crippen LogP contribution in [0.5, 0.6) is 0 Å². The molecule has 1 heterocycles. The minimum absolute atomic E-state index is 0.281. The van der Waals surface area contributed by atoms with Gasteiger partial charge in [-0.05, 0) is 60.5 Å². The first-order valence-electron chi connectivity index (χ1n) is 7.10. The van der Waals surface area contributed by atoms with Crippen molar-refractivity contribution in [2.75, 3.05) is 6.26 Å². The van der Waals surface area contributed by atoms with Crippen molar-refractivity contribution < 1.29 is 12.8 Å². The van der Waals surface area contributed by atoms with Crippen LogP contribution in [0.15, 0.2) is 65.7 Å². The second-order valence-electron chi connectivity index (χ2n) is 5.55. The van der Waals surface area contributed by atoms with Gasteiger partial charge in [-0.25, -0.2) is 12.8 Å². The Morgan fingerprint density at radius 3 is 2.13 bits per heavy atom. The number of aromatic nitrogens is 1. The van der Waals surface area contributed by atoms with Gasteiger partial charge in [-0.3, -0.25) is 0 Å². The van der Waals surface area contributed by atoms with E-state index in [2.05, 4.69) is 0 Å². The van der Waals surface area contributed by atoms with Gasteiger partial charge in [0.25, 0.3) is 0 Å². The lowest BCUT2D eigenvalue weighted by Crippen LogP contribution is -1.98. The molecule has 0 aliphatic rings. The van der Waals surface area contributed by atoms with Crippen molar-refractivity contribution in [2.24, 2.45) is 0 Å². The van der Waals surface area contributed by atoms with Gasteiger partial charge in [0.05, 0.1) is 10.6 Å². The molecule has 0 radical (unpaired) electrons. The van der Waals surface area contributed by atoms with Gasteiger partial charge < -0.3 is 4.57 Å². The summed E-state index contributed by atoms with van der Waals surface area (Å²) in [6, 6.07) is 15.0. The highest BCUT2D eigenvalue weighted by Gasteiger charge is 2.11. The fourth-order valence-electron chi connectivity index (χ4n) is 2.51. The molecule has 0 unspecified atom stereocenters. The first-order chi connectivity index (χ1) is 10.8. The van der Waals surface area contributed by atoms with E-state index in [1.807, 2.05) is 23.8 Å². The Labute approximate surface area is 134 Å². The molecule has 0 saturated heterocycles. The molecule has 0 bridgehead atoms. The zero-order valence-corrected chi connectivity index (χ0v) is 13.6. The summed E-state index contributed by atoms with van der Waals surface area (Å²) in [7, 11) is -3.21. The molecule has 0 fully saturated rings. The summed E-state index contributed by atoms with van der Waals surface area (Å²) in [5.41, 5.74) is 3.74. The molecule has 1 aromatic heterocycles. The van der Waals surface area contributed by atoms with Gasteiger partial charge >= 0.3 is 0 Å². The van der Waals surface area contributed by atoms with E-state index in [4.69, 9.17) is 0 Å². The van der Waals surface area contributed by atoms with Crippen LogP contribution in [0.3, 0.4) is 0 Å². The molecule has 2 aromatic carbocycles. The number of rotatable bonds is 3. The van der Waals surface area contributed by atoms with Crippen molar-refractivity contribution in [3.63, 3.8) is 0 Å². The molecule has 0 spiro atoms. The van der Waals surface area contributed by atoms with Gasteiger partial charge in [-0.2, -0.15) is 0 Å². The van der Waals surface area contributed by atoms with Crippen LogP contribution in [-0.2, 0) is 9.84 Å². The Morgan fingerprint density at radius 1 is 0.957 bits per heavy atom. The molecule has 0 atom stereocenters. The van der Waals surface area contributed by atoms with Gasteiger partial charge in [0.15, 0.2) is 9.84 Å². The van der Waals surface area contributed by atoms with Crippen LogP contribution in [0.1, 0.15) is 5.56 Å². The van der Waals surface area contributed by atoms with E-state index in [0.717, 1.165) is 22.5 Å². The summed E-state index contributed by atoms with van der Waals surface area (Å²) in [4.78, 5) is 0.290. The number of halogens is 1. The Bertz CT molecular complexity index is 940. The second-order valence-corrected chi connectivity index (χ2v) is 7.56. The lowest BCUT2D eigenvalue weighted by Gasteiger charge is -2.10. The van der Waals surface area contributed by atoms with Crippen molar-refractivity contribution in [3.8, 4) is 16.9 Å². The minimum atomic E-state index is -3.21. The first-order valence-corrected chi connectivity index (χ1v) is 8.99. The van der Waals surface area contributed by atoms with E-state index in [1.54, 1.807) is 36.4 Å². The van der Waals surface area contributed by atoms with Gasteiger partial charge in [0.2, 0.25) is 0 Å². The zero-order valence-electron chi connectivity index (χ0n) is 12.8. The van der Waals surface area contributed by atoms with E-state index in [-0.39, 0.29) is 10.7 Å². The third-order valence-corrected chi connectivity index (χ3v) is 4.77. The second kappa shape index (κ2) is 5.66. The van der Waals surface area contributed by atoms with E-state index in [1.165, 1.54) is 18.4 Å². The topological polar surface area (TPSA) is 39.1 Å². The van der Waals surface area contributed by atoms with Crippen LogP contribution in [0.4, 0.5) is 4.39 Å². The third kappa shape index (κ3) is 3.19. The Balaban J connectivity index is 2.09. The predicted molar refractivity (Wildman–Crippen MR) is 89.0 cm³/mol. The maximum absolute atomic E-state index is 13.1. The molecular weight excluding hydrogens is 313 g/mol. The van der Waals surface area contributed by atoms with Crippen LogP contribution in [0.25, 0.3) is 16.9 Å². The lowest BCUT2D eigenvalue weighted by atomic mass is 10.1. The third-order valence-electron chi connectivity index (χ3n) is 3.64. The molecule has 0 amide bonds.